The molecule has 3 aromatic heterocycles. The number of rotatable bonds is 20. The van der Waals surface area contributed by atoms with Gasteiger partial charge in [-0.1, -0.05) is 41.8 Å². The van der Waals surface area contributed by atoms with Gasteiger partial charge in [-0.2, -0.15) is 49.6 Å². The van der Waals surface area contributed by atoms with Crippen molar-refractivity contribution in [3.63, 3.8) is 0 Å². The Morgan fingerprint density at radius 2 is 1.58 bits per heavy atom. The summed E-state index contributed by atoms with van der Waals surface area (Å²) in [6.07, 6.45) is -12.7. The maximum atomic E-state index is 15.7. The fourth-order valence-electron chi connectivity index (χ4n) is 9.69. The van der Waals surface area contributed by atoms with Crippen LogP contribution in [0.5, 0.6) is 0 Å². The minimum Gasteiger partial charge on any atom is -0.481 e. The lowest BCUT2D eigenvalue weighted by Crippen LogP contribution is -2.38. The van der Waals surface area contributed by atoms with Crippen molar-refractivity contribution in [1.82, 2.24) is 34.8 Å². The number of phosphoric ester groups is 1. The number of nitrogens with one attached hydrogen (secondary N) is 1. The number of hydrogen-bond donors (Lipinski definition) is 4. The molecule has 472 valence electrons. The number of carbonyl (C=O) groups excluding carboxylic acids is 3. The zero-order valence-corrected chi connectivity index (χ0v) is 48.9. The standard InChI is InChI=1S/C52H46ClF10N8O14PS2/c1-49(2,87(3,80)81)15-13-30-9-10-32(42(64-30)37(19-26-17-28(54)20-29(55)18-26)65-38(72)23-69-45-40(44(66-69)52(61,62)63)34-21-35(34)51(45,59)60)33-11-12-36(53)41-43(33)70(24-50(56,57)58)67-46(41)71(88(4,82)83)47(75)31-8-6-5-7-27(31)22-68(16-14-39(73)74)48(76)84-25-85-86(77,78)79/h5-12,17-18,20,34-35,37H,14,16,19,21-25H2,1-4H3,(H,65,72)(H,73,74)(H2,77,78,79)/t34-,35?,37-/m0/s1. The Morgan fingerprint density at radius 3 is 2.18 bits per heavy atom. The lowest BCUT2D eigenvalue weighted by Gasteiger charge is -2.24. The molecule has 4 N–H and O–H groups in total. The predicted molar refractivity (Wildman–Crippen MR) is 288 cm³/mol. The number of aromatic nitrogens is 5. The van der Waals surface area contributed by atoms with E-state index in [1.54, 1.807) is 0 Å². The van der Waals surface area contributed by atoms with E-state index in [1.807, 2.05) is 0 Å². The first-order valence-corrected chi connectivity index (χ1v) is 31.0. The van der Waals surface area contributed by atoms with Crippen molar-refractivity contribution in [3.05, 3.63) is 128 Å². The molecule has 0 aliphatic heterocycles. The molecule has 8 rings (SSSR count). The number of benzene rings is 3. The van der Waals surface area contributed by atoms with Gasteiger partial charge in [-0.05, 0) is 86.1 Å². The minimum absolute atomic E-state index is 0.0728. The third-order valence-corrected chi connectivity index (χ3v) is 17.6. The second-order valence-electron chi connectivity index (χ2n) is 20.7. The number of carboxylic acids is 1. The van der Waals surface area contributed by atoms with Crippen LogP contribution in [0.2, 0.25) is 5.02 Å². The molecule has 6 aromatic rings. The Morgan fingerprint density at radius 1 is 0.932 bits per heavy atom. The number of hydrogen-bond acceptors (Lipinski definition) is 14. The zero-order chi connectivity index (χ0) is 65.2. The molecule has 36 heteroatoms. The smallest absolute Gasteiger partial charge is 0.472 e. The van der Waals surface area contributed by atoms with Crippen molar-refractivity contribution >= 4 is 79.9 Å². The molecule has 2 aliphatic carbocycles. The van der Waals surface area contributed by atoms with Crippen LogP contribution in [-0.2, 0) is 81.4 Å². The average molecular weight is 1330 g/mol. The Hall–Kier alpha value is -7.67. The first kappa shape index (κ1) is 66.3. The Bertz CT molecular complexity index is 4170. The summed E-state index contributed by atoms with van der Waals surface area (Å²) in [5.41, 5.74) is -7.63. The van der Waals surface area contributed by atoms with Crippen LogP contribution < -0.4 is 9.62 Å². The molecule has 2 aliphatic rings. The van der Waals surface area contributed by atoms with E-state index in [0.29, 0.717) is 17.2 Å². The van der Waals surface area contributed by atoms with Crippen LogP contribution in [0.3, 0.4) is 0 Å². The van der Waals surface area contributed by atoms with Gasteiger partial charge in [0.25, 0.3) is 11.8 Å². The van der Waals surface area contributed by atoms with Gasteiger partial charge < -0.3 is 29.8 Å². The van der Waals surface area contributed by atoms with E-state index >= 15 is 8.78 Å². The van der Waals surface area contributed by atoms with E-state index in [2.05, 4.69) is 36.9 Å². The molecular weight excluding hydrogens is 1280 g/mol. The maximum Gasteiger partial charge on any atom is 0.472 e. The number of phosphoric acid groups is 1. The van der Waals surface area contributed by atoms with E-state index in [4.69, 9.17) is 26.1 Å². The number of amides is 3. The van der Waals surface area contributed by atoms with Crippen LogP contribution >= 0.6 is 19.4 Å². The molecule has 0 spiro atoms. The normalized spacial score (nSPS) is 16.1. The highest BCUT2D eigenvalue weighted by atomic mass is 35.5. The summed E-state index contributed by atoms with van der Waals surface area (Å²) >= 11 is 6.77. The van der Waals surface area contributed by atoms with Gasteiger partial charge in [-0.15, -0.1) is 0 Å². The fourth-order valence-corrected chi connectivity index (χ4v) is 11.2. The highest BCUT2D eigenvalue weighted by Crippen LogP contribution is 2.68. The predicted octanol–water partition coefficient (Wildman–Crippen LogP) is 8.38. The average Bonchev–Trinajstić information content (AvgIpc) is 1.57. The molecule has 3 atom stereocenters. The molecule has 3 amide bonds. The van der Waals surface area contributed by atoms with Crippen LogP contribution in [0.25, 0.3) is 22.0 Å². The van der Waals surface area contributed by atoms with Gasteiger partial charge in [0.05, 0.1) is 40.3 Å². The molecule has 1 fully saturated rings. The second-order valence-corrected chi connectivity index (χ2v) is 26.8. The number of fused-ring (bicyclic) bond motifs is 4. The van der Waals surface area contributed by atoms with Crippen molar-refractivity contribution in [3.8, 4) is 23.0 Å². The summed E-state index contributed by atoms with van der Waals surface area (Å²) in [6.45, 7) is -4.04. The monoisotopic (exact) mass is 1330 g/mol. The molecule has 1 unspecified atom stereocenters. The van der Waals surface area contributed by atoms with Crippen LogP contribution in [0.4, 0.5) is 54.5 Å². The van der Waals surface area contributed by atoms with Crippen molar-refractivity contribution in [2.24, 2.45) is 5.92 Å². The number of alkyl halides is 8. The number of ether oxygens (including phenoxy) is 1. The summed E-state index contributed by atoms with van der Waals surface area (Å²) in [5.74, 6) is -9.71. The summed E-state index contributed by atoms with van der Waals surface area (Å²) < 4.78 is 221. The number of nitrogens with zero attached hydrogens (tertiary/aromatic N) is 7. The van der Waals surface area contributed by atoms with Gasteiger partial charge in [0, 0.05) is 53.6 Å². The van der Waals surface area contributed by atoms with E-state index in [0.717, 1.165) is 54.8 Å². The number of carboxylic acid groups (broad SMARTS) is 1. The topological polar surface area (TPSA) is 300 Å². The Labute approximate surface area is 496 Å². The first-order valence-electron chi connectivity index (χ1n) is 25.3. The van der Waals surface area contributed by atoms with Gasteiger partial charge in [0.15, 0.2) is 21.3 Å². The molecular formula is C52H46ClF10N8O14PS2. The number of sulfone groups is 1. The van der Waals surface area contributed by atoms with E-state index in [9.17, 15) is 80.8 Å². The van der Waals surface area contributed by atoms with Gasteiger partial charge in [-0.25, -0.2) is 44.5 Å². The zero-order valence-electron chi connectivity index (χ0n) is 45.6. The van der Waals surface area contributed by atoms with Crippen LogP contribution in [0.1, 0.15) is 88.5 Å². The third-order valence-electron chi connectivity index (χ3n) is 13.9. The highest BCUT2D eigenvalue weighted by molar-refractivity contribution is 7.93. The van der Waals surface area contributed by atoms with Crippen LogP contribution in [0.15, 0.2) is 66.7 Å². The largest absolute Gasteiger partial charge is 0.481 e. The van der Waals surface area contributed by atoms with Crippen LogP contribution in [-0.4, -0.2) is 122 Å². The Balaban J connectivity index is 1.33. The highest BCUT2D eigenvalue weighted by Gasteiger charge is 2.68. The molecule has 0 saturated heterocycles. The van der Waals surface area contributed by atoms with Gasteiger partial charge in [-0.3, -0.25) is 23.7 Å². The van der Waals surface area contributed by atoms with Crippen molar-refractivity contribution < 1.29 is 109 Å². The Kier molecular flexibility index (Phi) is 18.1. The quantitative estimate of drug-likeness (QED) is 0.0241. The van der Waals surface area contributed by atoms with E-state index < -0.39 is 211 Å². The van der Waals surface area contributed by atoms with Gasteiger partial charge >= 0.3 is 32.2 Å². The van der Waals surface area contributed by atoms with Gasteiger partial charge in [0.2, 0.25) is 22.7 Å². The number of halogens is 11. The molecule has 3 heterocycles. The number of anilines is 1. The van der Waals surface area contributed by atoms with E-state index in [1.165, 1.54) is 26.0 Å². The molecule has 1 saturated carbocycles. The number of aliphatic carboxylic acids is 1. The third kappa shape index (κ3) is 14.6. The van der Waals surface area contributed by atoms with Crippen molar-refractivity contribution in [1.29, 1.82) is 0 Å². The van der Waals surface area contributed by atoms with Crippen LogP contribution in [0, 0.1) is 29.4 Å². The maximum absolute atomic E-state index is 15.7. The summed E-state index contributed by atoms with van der Waals surface area (Å²) in [4.78, 5) is 77.3. The minimum atomic E-state index is -5.28. The number of carbonyl (C=O) groups is 4. The van der Waals surface area contributed by atoms with Gasteiger partial charge in [0.1, 0.15) is 40.9 Å². The summed E-state index contributed by atoms with van der Waals surface area (Å²) in [7, 11) is -14.4. The molecule has 0 bridgehead atoms. The molecule has 22 nitrogen and oxygen atoms in total. The second kappa shape index (κ2) is 24.0. The lowest BCUT2D eigenvalue weighted by atomic mass is 9.93. The van der Waals surface area contributed by atoms with Crippen molar-refractivity contribution in [2.45, 2.75) is 87.7 Å². The fraction of sp³-hybridized carbons (Fsp3) is 0.365. The number of sulfonamides is 1. The van der Waals surface area contributed by atoms with E-state index in [-0.39, 0.29) is 36.9 Å². The SMILES string of the molecule is CC(C)(C#Cc1ccc(-c2ccc(Cl)c3c(N(C(=O)c4ccccc4CN(CCC(=O)O)C(=O)OCOP(=O)(O)O)S(C)(=O)=O)nn(CC(F)(F)F)c23)c([C@H](Cc2cc(F)cc(F)c2)NC(=O)Cn2nc(C(F)(F)F)c3c2C(F)(F)C2C[C@H]32)n1)S(C)(=O)=O. The number of pyridine rings is 1. The molecule has 88 heavy (non-hydrogen) atoms. The molecule has 3 aromatic carbocycles. The summed E-state index contributed by atoms with van der Waals surface area (Å²) in [5, 5.41) is 17.8. The van der Waals surface area contributed by atoms with Crippen molar-refractivity contribution in [2.75, 3.05) is 30.2 Å². The summed E-state index contributed by atoms with van der Waals surface area (Å²) in [6, 6.07) is 8.76. The lowest BCUT2D eigenvalue weighted by molar-refractivity contribution is -0.143. The molecule has 0 radical (unpaired) electrons. The first-order chi connectivity index (χ1) is 40.6.